The van der Waals surface area contributed by atoms with Gasteiger partial charge >= 0.3 is 0 Å². The van der Waals surface area contributed by atoms with Crippen molar-refractivity contribution in [3.05, 3.63) is 35.6 Å². The minimum Gasteiger partial charge on any atom is -0.374 e. The molecule has 1 saturated heterocycles. The summed E-state index contributed by atoms with van der Waals surface area (Å²) in [6.07, 6.45) is 2.75. The van der Waals surface area contributed by atoms with Crippen molar-refractivity contribution in [3.8, 4) is 0 Å². The third kappa shape index (κ3) is 2.85. The third-order valence-electron chi connectivity index (χ3n) is 4.32. The number of carbonyl (C=O) groups excluding carboxylic acids is 1. The van der Waals surface area contributed by atoms with E-state index in [4.69, 9.17) is 4.74 Å². The minimum absolute atomic E-state index is 0.0144. The fourth-order valence-corrected chi connectivity index (χ4v) is 2.69. The molecule has 0 spiro atoms. The monoisotopic (exact) mass is 277 g/mol. The molecule has 20 heavy (non-hydrogen) atoms. The van der Waals surface area contributed by atoms with Crippen LogP contribution in [0.15, 0.2) is 24.3 Å². The van der Waals surface area contributed by atoms with Gasteiger partial charge in [-0.05, 0) is 30.5 Å². The molecule has 3 nitrogen and oxygen atoms in total. The lowest BCUT2D eigenvalue weighted by molar-refractivity contribution is -0.143. The highest BCUT2D eigenvalue weighted by molar-refractivity contribution is 5.85. The summed E-state index contributed by atoms with van der Waals surface area (Å²) in [6.45, 7) is 3.97. The maximum atomic E-state index is 12.9. The fourth-order valence-electron chi connectivity index (χ4n) is 2.69. The van der Waals surface area contributed by atoms with E-state index >= 15 is 0 Å². The highest BCUT2D eigenvalue weighted by atomic mass is 19.1. The van der Waals surface area contributed by atoms with Crippen LogP contribution in [-0.2, 0) is 16.0 Å². The molecule has 0 radical (unpaired) electrons. The molecular weight excluding hydrogens is 257 g/mol. The molecule has 0 aromatic heterocycles. The molecule has 0 N–H and O–H groups in total. The topological polar surface area (TPSA) is 29.5 Å². The van der Waals surface area contributed by atoms with Crippen molar-refractivity contribution in [1.29, 1.82) is 0 Å². The van der Waals surface area contributed by atoms with Crippen molar-refractivity contribution in [2.75, 3.05) is 19.7 Å². The summed E-state index contributed by atoms with van der Waals surface area (Å²) in [5.41, 5.74) is 0.931. The Hall–Kier alpha value is -1.42. The van der Waals surface area contributed by atoms with Crippen LogP contribution >= 0.6 is 0 Å². The van der Waals surface area contributed by atoms with Gasteiger partial charge in [-0.25, -0.2) is 4.39 Å². The van der Waals surface area contributed by atoms with Gasteiger partial charge in [0.05, 0.1) is 12.7 Å². The molecule has 2 fully saturated rings. The lowest BCUT2D eigenvalue weighted by Gasteiger charge is -2.34. The van der Waals surface area contributed by atoms with E-state index in [0.717, 1.165) is 24.8 Å². The number of ether oxygens (including phenoxy) is 1. The van der Waals surface area contributed by atoms with Gasteiger partial charge < -0.3 is 9.64 Å². The Kier molecular flexibility index (Phi) is 3.50. The zero-order valence-corrected chi connectivity index (χ0v) is 11.8. The summed E-state index contributed by atoms with van der Waals surface area (Å²) in [5, 5.41) is 0. The van der Waals surface area contributed by atoms with Crippen molar-refractivity contribution < 1.29 is 13.9 Å². The molecule has 1 aromatic carbocycles. The molecule has 1 atom stereocenters. The van der Waals surface area contributed by atoms with E-state index in [9.17, 15) is 9.18 Å². The summed E-state index contributed by atoms with van der Waals surface area (Å²) in [4.78, 5) is 14.3. The van der Waals surface area contributed by atoms with Gasteiger partial charge in [0.1, 0.15) is 5.82 Å². The predicted octanol–water partition coefficient (Wildman–Crippen LogP) is 2.40. The smallest absolute Gasteiger partial charge is 0.228 e. The zero-order chi connectivity index (χ0) is 14.2. The van der Waals surface area contributed by atoms with E-state index in [2.05, 4.69) is 0 Å². The van der Waals surface area contributed by atoms with Crippen LogP contribution in [0.25, 0.3) is 0 Å². The molecule has 1 amide bonds. The summed E-state index contributed by atoms with van der Waals surface area (Å²) >= 11 is 0. The van der Waals surface area contributed by atoms with Gasteiger partial charge in [-0.2, -0.15) is 0 Å². The number of hydrogen-bond donors (Lipinski definition) is 0. The van der Waals surface area contributed by atoms with Crippen molar-refractivity contribution in [2.24, 2.45) is 5.41 Å². The normalized spacial score (nSPS) is 24.5. The molecular formula is C16H20FNO2. The number of benzene rings is 1. The van der Waals surface area contributed by atoms with Gasteiger partial charge in [-0.3, -0.25) is 4.79 Å². The lowest BCUT2D eigenvalue weighted by Crippen LogP contribution is -2.48. The standard InChI is InChI=1S/C16H20FNO2/c1-16(6-7-16)15(19)18-8-9-20-14(11-18)10-12-2-4-13(17)5-3-12/h2-5,14H,6-11H2,1H3/t14-/m0/s1. The Morgan fingerprint density at radius 1 is 1.40 bits per heavy atom. The molecule has 1 saturated carbocycles. The van der Waals surface area contributed by atoms with Crippen LogP contribution in [-0.4, -0.2) is 36.6 Å². The zero-order valence-electron chi connectivity index (χ0n) is 11.8. The first-order chi connectivity index (χ1) is 9.57. The molecule has 1 aliphatic carbocycles. The maximum absolute atomic E-state index is 12.9. The van der Waals surface area contributed by atoms with E-state index < -0.39 is 0 Å². The summed E-state index contributed by atoms with van der Waals surface area (Å²) in [6, 6.07) is 6.49. The Balaban J connectivity index is 1.60. The molecule has 0 unspecified atom stereocenters. The second-order valence-corrected chi connectivity index (χ2v) is 6.14. The minimum atomic E-state index is -0.225. The summed E-state index contributed by atoms with van der Waals surface area (Å²) in [7, 11) is 0. The Bertz CT molecular complexity index is 496. The number of rotatable bonds is 3. The van der Waals surface area contributed by atoms with Gasteiger partial charge in [-0.1, -0.05) is 19.1 Å². The van der Waals surface area contributed by atoms with Crippen LogP contribution in [0.4, 0.5) is 4.39 Å². The SMILES string of the molecule is CC1(C(=O)N2CCO[C@@H](Cc3ccc(F)cc3)C2)CC1. The van der Waals surface area contributed by atoms with Crippen molar-refractivity contribution in [2.45, 2.75) is 32.3 Å². The van der Waals surface area contributed by atoms with Gasteiger partial charge in [-0.15, -0.1) is 0 Å². The fraction of sp³-hybridized carbons (Fsp3) is 0.562. The summed E-state index contributed by atoms with van der Waals surface area (Å²) in [5.74, 6) is 0.0432. The number of amides is 1. The highest BCUT2D eigenvalue weighted by Gasteiger charge is 2.47. The number of nitrogens with zero attached hydrogens (tertiary/aromatic N) is 1. The highest BCUT2D eigenvalue weighted by Crippen LogP contribution is 2.46. The lowest BCUT2D eigenvalue weighted by atomic mass is 10.0. The van der Waals surface area contributed by atoms with E-state index in [-0.39, 0.29) is 23.2 Å². The van der Waals surface area contributed by atoms with Crippen LogP contribution in [0.5, 0.6) is 0 Å². The first kappa shape index (κ1) is 13.6. The molecule has 1 aliphatic heterocycles. The van der Waals surface area contributed by atoms with Crippen LogP contribution in [0, 0.1) is 11.2 Å². The van der Waals surface area contributed by atoms with Gasteiger partial charge in [0, 0.05) is 24.9 Å². The maximum Gasteiger partial charge on any atom is 0.228 e. The number of carbonyl (C=O) groups is 1. The second-order valence-electron chi connectivity index (χ2n) is 6.14. The number of halogens is 1. The molecule has 1 aromatic rings. The average Bonchev–Trinajstić information content (AvgIpc) is 3.20. The number of hydrogen-bond acceptors (Lipinski definition) is 2. The Morgan fingerprint density at radius 3 is 2.75 bits per heavy atom. The van der Waals surface area contributed by atoms with Gasteiger partial charge in [0.15, 0.2) is 0 Å². The van der Waals surface area contributed by atoms with Gasteiger partial charge in [0.2, 0.25) is 5.91 Å². The molecule has 4 heteroatoms. The van der Waals surface area contributed by atoms with Crippen LogP contribution in [0.1, 0.15) is 25.3 Å². The molecule has 1 heterocycles. The van der Waals surface area contributed by atoms with Crippen molar-refractivity contribution in [3.63, 3.8) is 0 Å². The van der Waals surface area contributed by atoms with E-state index in [1.54, 1.807) is 12.1 Å². The van der Waals surface area contributed by atoms with Crippen molar-refractivity contribution in [1.82, 2.24) is 4.90 Å². The molecule has 2 aliphatic rings. The van der Waals surface area contributed by atoms with Crippen LogP contribution < -0.4 is 0 Å². The summed E-state index contributed by atoms with van der Waals surface area (Å²) < 4.78 is 18.6. The van der Waals surface area contributed by atoms with Crippen LogP contribution in [0.2, 0.25) is 0 Å². The third-order valence-corrected chi connectivity index (χ3v) is 4.32. The predicted molar refractivity (Wildman–Crippen MR) is 73.8 cm³/mol. The first-order valence-electron chi connectivity index (χ1n) is 7.22. The van der Waals surface area contributed by atoms with E-state index in [1.165, 1.54) is 12.1 Å². The van der Waals surface area contributed by atoms with Crippen LogP contribution in [0.3, 0.4) is 0 Å². The van der Waals surface area contributed by atoms with E-state index in [0.29, 0.717) is 19.7 Å². The Morgan fingerprint density at radius 2 is 2.10 bits per heavy atom. The average molecular weight is 277 g/mol. The van der Waals surface area contributed by atoms with Crippen molar-refractivity contribution >= 4 is 5.91 Å². The number of morpholine rings is 1. The molecule has 3 rings (SSSR count). The second kappa shape index (κ2) is 5.17. The Labute approximate surface area is 118 Å². The largest absolute Gasteiger partial charge is 0.374 e. The molecule has 108 valence electrons. The first-order valence-corrected chi connectivity index (χ1v) is 7.22. The quantitative estimate of drug-likeness (QED) is 0.849. The van der Waals surface area contributed by atoms with Gasteiger partial charge in [0.25, 0.3) is 0 Å². The molecule has 0 bridgehead atoms. The van der Waals surface area contributed by atoms with E-state index in [1.807, 2.05) is 11.8 Å².